The normalized spacial score (nSPS) is 37.5. The van der Waals surface area contributed by atoms with E-state index in [2.05, 4.69) is 13.8 Å². The number of hydrogen-bond donors (Lipinski definition) is 0. The average molecular weight is 222 g/mol. The monoisotopic (exact) mass is 222 g/mol. The fourth-order valence-corrected chi connectivity index (χ4v) is 3.98. The number of hydrogen-bond acceptors (Lipinski definition) is 0. The lowest BCUT2D eigenvalue weighted by atomic mass is 9.72. The molecule has 16 heavy (non-hydrogen) atoms. The first-order valence-corrected chi connectivity index (χ1v) is 7.75. The molecular weight excluding hydrogens is 192 g/mol. The summed E-state index contributed by atoms with van der Waals surface area (Å²) >= 11 is 0. The van der Waals surface area contributed by atoms with E-state index in [-0.39, 0.29) is 0 Å². The lowest BCUT2D eigenvalue weighted by Gasteiger charge is -2.34. The molecule has 3 atom stereocenters. The zero-order chi connectivity index (χ0) is 11.4. The van der Waals surface area contributed by atoms with Crippen molar-refractivity contribution in [2.24, 2.45) is 23.7 Å². The summed E-state index contributed by atoms with van der Waals surface area (Å²) in [6.45, 7) is 4.96. The molecule has 2 aliphatic carbocycles. The molecule has 2 saturated carbocycles. The van der Waals surface area contributed by atoms with Crippen molar-refractivity contribution in [1.29, 1.82) is 0 Å². The van der Waals surface area contributed by atoms with E-state index in [9.17, 15) is 0 Å². The summed E-state index contributed by atoms with van der Waals surface area (Å²) in [5.41, 5.74) is 0. The minimum Gasteiger partial charge on any atom is -0.0625 e. The van der Waals surface area contributed by atoms with Gasteiger partial charge in [0.25, 0.3) is 0 Å². The molecule has 0 aliphatic heterocycles. The molecular formula is C16H30. The molecule has 0 aromatic rings. The summed E-state index contributed by atoms with van der Waals surface area (Å²) in [7, 11) is 0. The third-order valence-corrected chi connectivity index (χ3v) is 5.30. The topological polar surface area (TPSA) is 0 Å². The fourth-order valence-electron chi connectivity index (χ4n) is 3.98. The Morgan fingerprint density at radius 3 is 2.31 bits per heavy atom. The van der Waals surface area contributed by atoms with E-state index in [0.29, 0.717) is 0 Å². The van der Waals surface area contributed by atoms with Gasteiger partial charge in [0, 0.05) is 0 Å². The van der Waals surface area contributed by atoms with Crippen LogP contribution in [0.3, 0.4) is 0 Å². The average Bonchev–Trinajstić information content (AvgIpc) is 2.32. The maximum atomic E-state index is 2.50. The first-order valence-electron chi connectivity index (χ1n) is 7.75. The van der Waals surface area contributed by atoms with Gasteiger partial charge in [0.2, 0.25) is 0 Å². The standard InChI is InChI=1S/C16H30/c1-13-8-9-14(2)16(12-13)11-10-15-6-4-3-5-7-15/h13-16H,3-12H2,1-2H3. The zero-order valence-electron chi connectivity index (χ0n) is 11.4. The van der Waals surface area contributed by atoms with E-state index < -0.39 is 0 Å². The van der Waals surface area contributed by atoms with Gasteiger partial charge in [0.15, 0.2) is 0 Å². The minimum absolute atomic E-state index is 1.01. The summed E-state index contributed by atoms with van der Waals surface area (Å²) in [6.07, 6.45) is 15.2. The lowest BCUT2D eigenvalue weighted by Crippen LogP contribution is -2.22. The molecule has 0 amide bonds. The van der Waals surface area contributed by atoms with Crippen molar-refractivity contribution in [3.05, 3.63) is 0 Å². The molecule has 0 heteroatoms. The fraction of sp³-hybridized carbons (Fsp3) is 1.00. The highest BCUT2D eigenvalue weighted by atomic mass is 14.3. The molecule has 2 aliphatic rings. The van der Waals surface area contributed by atoms with Crippen molar-refractivity contribution >= 4 is 0 Å². The Kier molecular flexibility index (Phi) is 4.73. The molecule has 0 saturated heterocycles. The highest BCUT2D eigenvalue weighted by molar-refractivity contribution is 4.77. The summed E-state index contributed by atoms with van der Waals surface area (Å²) in [5.74, 6) is 4.18. The van der Waals surface area contributed by atoms with E-state index in [1.165, 1.54) is 57.8 Å². The van der Waals surface area contributed by atoms with Crippen molar-refractivity contribution in [2.45, 2.75) is 78.1 Å². The van der Waals surface area contributed by atoms with E-state index >= 15 is 0 Å². The van der Waals surface area contributed by atoms with Crippen LogP contribution in [0.25, 0.3) is 0 Å². The second-order valence-electron chi connectivity index (χ2n) is 6.74. The van der Waals surface area contributed by atoms with Crippen LogP contribution in [0.15, 0.2) is 0 Å². The van der Waals surface area contributed by atoms with Crippen molar-refractivity contribution in [2.75, 3.05) is 0 Å². The van der Waals surface area contributed by atoms with Crippen LogP contribution in [0.5, 0.6) is 0 Å². The van der Waals surface area contributed by atoms with Crippen LogP contribution in [0.1, 0.15) is 78.1 Å². The van der Waals surface area contributed by atoms with Crippen LogP contribution < -0.4 is 0 Å². The molecule has 0 heterocycles. The maximum Gasteiger partial charge on any atom is -0.0386 e. The van der Waals surface area contributed by atoms with Gasteiger partial charge < -0.3 is 0 Å². The summed E-state index contributed by atoms with van der Waals surface area (Å²) in [5, 5.41) is 0. The molecule has 0 N–H and O–H groups in total. The lowest BCUT2D eigenvalue weighted by molar-refractivity contribution is 0.176. The van der Waals surface area contributed by atoms with Gasteiger partial charge in [-0.1, -0.05) is 65.2 Å². The smallest absolute Gasteiger partial charge is 0.0386 e. The van der Waals surface area contributed by atoms with E-state index in [4.69, 9.17) is 0 Å². The highest BCUT2D eigenvalue weighted by Crippen LogP contribution is 2.38. The predicted octanol–water partition coefficient (Wildman–Crippen LogP) is 5.42. The number of rotatable bonds is 3. The molecule has 2 fully saturated rings. The third-order valence-electron chi connectivity index (χ3n) is 5.30. The molecule has 0 bridgehead atoms. The zero-order valence-corrected chi connectivity index (χ0v) is 11.4. The van der Waals surface area contributed by atoms with Gasteiger partial charge in [-0.3, -0.25) is 0 Å². The van der Waals surface area contributed by atoms with Crippen LogP contribution in [0.2, 0.25) is 0 Å². The van der Waals surface area contributed by atoms with Crippen LogP contribution >= 0.6 is 0 Å². The van der Waals surface area contributed by atoms with Gasteiger partial charge in [0.05, 0.1) is 0 Å². The van der Waals surface area contributed by atoms with E-state index in [1.807, 2.05) is 0 Å². The van der Waals surface area contributed by atoms with Gasteiger partial charge in [-0.25, -0.2) is 0 Å². The first kappa shape index (κ1) is 12.5. The molecule has 0 aromatic heterocycles. The van der Waals surface area contributed by atoms with Gasteiger partial charge in [0.1, 0.15) is 0 Å². The molecule has 3 unspecified atom stereocenters. The molecule has 94 valence electrons. The molecule has 0 spiro atoms. The van der Waals surface area contributed by atoms with Gasteiger partial charge in [-0.15, -0.1) is 0 Å². The first-order chi connectivity index (χ1) is 7.75. The van der Waals surface area contributed by atoms with Crippen LogP contribution in [-0.2, 0) is 0 Å². The Bertz CT molecular complexity index is 190. The maximum absolute atomic E-state index is 2.50. The van der Waals surface area contributed by atoms with Gasteiger partial charge >= 0.3 is 0 Å². The van der Waals surface area contributed by atoms with Crippen molar-refractivity contribution in [3.63, 3.8) is 0 Å². The summed E-state index contributed by atoms with van der Waals surface area (Å²) < 4.78 is 0. The Labute approximate surface area is 102 Å². The minimum atomic E-state index is 1.01. The predicted molar refractivity (Wildman–Crippen MR) is 71.5 cm³/mol. The Balaban J connectivity index is 1.71. The van der Waals surface area contributed by atoms with Crippen molar-refractivity contribution in [3.8, 4) is 0 Å². The Hall–Kier alpha value is 0. The molecule has 0 aromatic carbocycles. The van der Waals surface area contributed by atoms with Crippen molar-refractivity contribution in [1.82, 2.24) is 0 Å². The van der Waals surface area contributed by atoms with Crippen LogP contribution in [0.4, 0.5) is 0 Å². The van der Waals surface area contributed by atoms with Gasteiger partial charge in [-0.2, -0.15) is 0 Å². The Morgan fingerprint density at radius 1 is 0.812 bits per heavy atom. The van der Waals surface area contributed by atoms with E-state index in [0.717, 1.165) is 23.7 Å². The summed E-state index contributed by atoms with van der Waals surface area (Å²) in [6, 6.07) is 0. The third kappa shape index (κ3) is 3.50. The van der Waals surface area contributed by atoms with Crippen LogP contribution in [-0.4, -0.2) is 0 Å². The quantitative estimate of drug-likeness (QED) is 0.598. The molecule has 0 nitrogen and oxygen atoms in total. The Morgan fingerprint density at radius 2 is 1.56 bits per heavy atom. The van der Waals surface area contributed by atoms with Crippen LogP contribution in [0, 0.1) is 23.7 Å². The largest absolute Gasteiger partial charge is 0.0625 e. The highest BCUT2D eigenvalue weighted by Gasteiger charge is 2.26. The molecule has 2 rings (SSSR count). The summed E-state index contributed by atoms with van der Waals surface area (Å²) in [4.78, 5) is 0. The second kappa shape index (κ2) is 6.07. The SMILES string of the molecule is CC1CCC(C)C(CCC2CCCCC2)C1. The van der Waals surface area contributed by atoms with Crippen molar-refractivity contribution < 1.29 is 0 Å². The van der Waals surface area contributed by atoms with E-state index in [1.54, 1.807) is 6.42 Å². The molecule has 0 radical (unpaired) electrons. The van der Waals surface area contributed by atoms with Gasteiger partial charge in [-0.05, 0) is 36.5 Å². The second-order valence-corrected chi connectivity index (χ2v) is 6.74.